The van der Waals surface area contributed by atoms with Gasteiger partial charge in [0.25, 0.3) is 0 Å². The van der Waals surface area contributed by atoms with Gasteiger partial charge in [0.2, 0.25) is 0 Å². The molecule has 0 amide bonds. The molecule has 2 heterocycles. The number of aromatic nitrogens is 1. The number of aliphatic hydroxyl groups excluding tert-OH is 1. The lowest BCUT2D eigenvalue weighted by Gasteiger charge is -2.45. The molecule has 1 saturated heterocycles. The first kappa shape index (κ1) is 28.0. The van der Waals surface area contributed by atoms with Crippen molar-refractivity contribution in [3.63, 3.8) is 0 Å². The number of carbonyl (C=O) groups excluding carboxylic acids is 1. The number of thiazole rings is 1. The second kappa shape index (κ2) is 12.7. The fourth-order valence-corrected chi connectivity index (χ4v) is 8.44. The van der Waals surface area contributed by atoms with Gasteiger partial charge in [0.1, 0.15) is 5.01 Å². The molecular formula is C29H47NO5S. The second-order valence-corrected chi connectivity index (χ2v) is 12.9. The van der Waals surface area contributed by atoms with Gasteiger partial charge in [0.05, 0.1) is 18.4 Å². The fourth-order valence-electron chi connectivity index (χ4n) is 7.33. The van der Waals surface area contributed by atoms with Gasteiger partial charge in [-0.05, 0) is 87.9 Å². The van der Waals surface area contributed by atoms with Crippen LogP contribution in [0.2, 0.25) is 0 Å². The molecule has 3 fully saturated rings. The third-order valence-corrected chi connectivity index (χ3v) is 10.5. The Kier molecular flexibility index (Phi) is 9.87. The Morgan fingerprint density at radius 3 is 2.81 bits per heavy atom. The standard InChI is InChI=1S/C29H47NO5S/c1-19(22-13-14-23-24(32)10-8-16-29(22,23)4)9-7-11-25(35-21(3)31)28-30-20(2)26(36-28)15-18-34-27-12-5-6-17-33-27/h19,22-25,27,32H,5-18H2,1-4H3/t19?,22-,23+,24+,25?,27?,29-/m1/s1. The highest BCUT2D eigenvalue weighted by Gasteiger charge is 2.52. The number of hydrogen-bond donors (Lipinski definition) is 1. The SMILES string of the molecule is CC(=O)OC(CCCC(C)[C@H]1CC[C@H]2[C@@H](O)CCC[C@]12C)c1nc(C)c(CCOC2CCCCO2)s1. The number of fused-ring (bicyclic) bond motifs is 1. The molecule has 2 saturated carbocycles. The molecule has 0 radical (unpaired) electrons. The first-order valence-corrected chi connectivity index (χ1v) is 15.1. The van der Waals surface area contributed by atoms with Gasteiger partial charge in [-0.1, -0.05) is 26.7 Å². The molecule has 36 heavy (non-hydrogen) atoms. The van der Waals surface area contributed by atoms with Gasteiger partial charge in [-0.2, -0.15) is 0 Å². The van der Waals surface area contributed by atoms with Crippen molar-refractivity contribution in [3.8, 4) is 0 Å². The minimum Gasteiger partial charge on any atom is -0.455 e. The van der Waals surface area contributed by atoms with E-state index in [1.807, 2.05) is 6.92 Å². The van der Waals surface area contributed by atoms with Crippen molar-refractivity contribution >= 4 is 17.3 Å². The largest absolute Gasteiger partial charge is 0.455 e. The number of aliphatic hydroxyl groups is 1. The molecule has 6 nitrogen and oxygen atoms in total. The molecule has 1 aliphatic heterocycles. The normalized spacial score (nSPS) is 32.1. The zero-order valence-electron chi connectivity index (χ0n) is 22.8. The highest BCUT2D eigenvalue weighted by molar-refractivity contribution is 7.11. The van der Waals surface area contributed by atoms with Crippen molar-refractivity contribution in [3.05, 3.63) is 15.6 Å². The van der Waals surface area contributed by atoms with Crippen LogP contribution in [0.5, 0.6) is 0 Å². The molecular weight excluding hydrogens is 474 g/mol. The average molecular weight is 522 g/mol. The van der Waals surface area contributed by atoms with Crippen molar-refractivity contribution in [2.75, 3.05) is 13.2 Å². The van der Waals surface area contributed by atoms with Crippen molar-refractivity contribution in [2.24, 2.45) is 23.2 Å². The Morgan fingerprint density at radius 1 is 1.22 bits per heavy atom. The number of ether oxygens (including phenoxy) is 3. The first-order valence-electron chi connectivity index (χ1n) is 14.3. The van der Waals surface area contributed by atoms with Crippen LogP contribution in [0.15, 0.2) is 0 Å². The van der Waals surface area contributed by atoms with Gasteiger partial charge in [0, 0.05) is 24.8 Å². The van der Waals surface area contributed by atoms with Crippen LogP contribution in [0, 0.1) is 30.1 Å². The maximum absolute atomic E-state index is 11.9. The van der Waals surface area contributed by atoms with Crippen molar-refractivity contribution in [2.45, 2.75) is 123 Å². The number of carbonyl (C=O) groups is 1. The van der Waals surface area contributed by atoms with Crippen molar-refractivity contribution < 1.29 is 24.1 Å². The van der Waals surface area contributed by atoms with E-state index < -0.39 is 0 Å². The van der Waals surface area contributed by atoms with Crippen molar-refractivity contribution in [1.82, 2.24) is 4.98 Å². The average Bonchev–Trinajstić information content (AvgIpc) is 3.39. The second-order valence-electron chi connectivity index (χ2n) is 11.7. The Balaban J connectivity index is 1.30. The van der Waals surface area contributed by atoms with E-state index in [4.69, 9.17) is 19.2 Å². The van der Waals surface area contributed by atoms with E-state index in [0.717, 1.165) is 68.7 Å². The van der Waals surface area contributed by atoms with E-state index in [9.17, 15) is 9.90 Å². The quantitative estimate of drug-likeness (QED) is 0.334. The fraction of sp³-hybridized carbons (Fsp3) is 0.862. The van der Waals surface area contributed by atoms with Gasteiger partial charge in [0.15, 0.2) is 12.4 Å². The summed E-state index contributed by atoms with van der Waals surface area (Å²) >= 11 is 1.66. The van der Waals surface area contributed by atoms with Gasteiger partial charge < -0.3 is 19.3 Å². The number of aryl methyl sites for hydroxylation is 1. The summed E-state index contributed by atoms with van der Waals surface area (Å²) in [4.78, 5) is 17.9. The molecule has 7 heteroatoms. The molecule has 3 unspecified atom stereocenters. The summed E-state index contributed by atoms with van der Waals surface area (Å²) in [5.74, 6) is 1.50. The molecule has 3 aliphatic rings. The third-order valence-electron chi connectivity index (χ3n) is 9.24. The lowest BCUT2D eigenvalue weighted by Crippen LogP contribution is -2.41. The molecule has 0 bridgehead atoms. The Morgan fingerprint density at radius 2 is 2.06 bits per heavy atom. The molecule has 204 valence electrons. The summed E-state index contributed by atoms with van der Waals surface area (Å²) in [6.45, 7) is 9.76. The first-order chi connectivity index (χ1) is 17.3. The molecule has 0 spiro atoms. The minimum atomic E-state index is -0.279. The summed E-state index contributed by atoms with van der Waals surface area (Å²) in [6, 6.07) is 0. The summed E-state index contributed by atoms with van der Waals surface area (Å²) in [7, 11) is 0. The van der Waals surface area contributed by atoms with Crippen LogP contribution in [0.1, 0.15) is 113 Å². The predicted molar refractivity (Wildman–Crippen MR) is 142 cm³/mol. The molecule has 4 rings (SSSR count). The van der Waals surface area contributed by atoms with Gasteiger partial charge in [-0.3, -0.25) is 4.79 Å². The Labute approximate surface area is 221 Å². The van der Waals surface area contributed by atoms with E-state index in [1.54, 1.807) is 11.3 Å². The van der Waals surface area contributed by atoms with Crippen LogP contribution in [-0.2, 0) is 25.4 Å². The number of rotatable bonds is 11. The number of nitrogens with zero attached hydrogens (tertiary/aromatic N) is 1. The van der Waals surface area contributed by atoms with Crippen LogP contribution in [0.4, 0.5) is 0 Å². The lowest BCUT2D eigenvalue weighted by atomic mass is 9.61. The Bertz CT molecular complexity index is 853. The van der Waals surface area contributed by atoms with Crippen LogP contribution in [0.25, 0.3) is 0 Å². The lowest BCUT2D eigenvalue weighted by molar-refractivity contribution is -0.161. The smallest absolute Gasteiger partial charge is 0.303 e. The summed E-state index contributed by atoms with van der Waals surface area (Å²) < 4.78 is 17.4. The molecule has 1 N–H and O–H groups in total. The van der Waals surface area contributed by atoms with Crippen LogP contribution >= 0.6 is 11.3 Å². The van der Waals surface area contributed by atoms with E-state index in [2.05, 4.69) is 13.8 Å². The highest BCUT2D eigenvalue weighted by Crippen LogP contribution is 2.58. The maximum Gasteiger partial charge on any atom is 0.303 e. The van der Waals surface area contributed by atoms with Crippen LogP contribution < -0.4 is 0 Å². The third kappa shape index (κ3) is 6.69. The minimum absolute atomic E-state index is 0.0727. The van der Waals surface area contributed by atoms with E-state index >= 15 is 0 Å². The summed E-state index contributed by atoms with van der Waals surface area (Å²) in [5.41, 5.74) is 1.28. The van der Waals surface area contributed by atoms with Gasteiger partial charge in [-0.15, -0.1) is 11.3 Å². The predicted octanol–water partition coefficient (Wildman–Crippen LogP) is 6.53. The monoisotopic (exact) mass is 521 g/mol. The highest BCUT2D eigenvalue weighted by atomic mass is 32.1. The van der Waals surface area contributed by atoms with Crippen molar-refractivity contribution in [1.29, 1.82) is 0 Å². The van der Waals surface area contributed by atoms with Crippen LogP contribution in [-0.4, -0.2) is 41.7 Å². The molecule has 1 aromatic rings. The molecule has 7 atom stereocenters. The maximum atomic E-state index is 11.9. The number of hydrogen-bond acceptors (Lipinski definition) is 7. The van der Waals surface area contributed by atoms with E-state index in [0.29, 0.717) is 24.4 Å². The Hall–Kier alpha value is -1.02. The molecule has 0 aromatic carbocycles. The number of esters is 1. The summed E-state index contributed by atoms with van der Waals surface area (Å²) in [6.07, 6.45) is 12.3. The van der Waals surface area contributed by atoms with E-state index in [1.165, 1.54) is 37.5 Å². The van der Waals surface area contributed by atoms with Gasteiger partial charge >= 0.3 is 5.97 Å². The molecule has 2 aliphatic carbocycles. The topological polar surface area (TPSA) is 77.9 Å². The molecule has 1 aromatic heterocycles. The van der Waals surface area contributed by atoms with Gasteiger partial charge in [-0.25, -0.2) is 4.98 Å². The van der Waals surface area contributed by atoms with Crippen LogP contribution in [0.3, 0.4) is 0 Å². The summed E-state index contributed by atoms with van der Waals surface area (Å²) in [5, 5.41) is 11.5. The zero-order chi connectivity index (χ0) is 25.7. The zero-order valence-corrected chi connectivity index (χ0v) is 23.6. The van der Waals surface area contributed by atoms with E-state index in [-0.39, 0.29) is 29.9 Å².